The minimum absolute atomic E-state index is 0.361. The molecule has 0 N–H and O–H groups in total. The highest BCUT2D eigenvalue weighted by molar-refractivity contribution is 7.09. The second-order valence-corrected chi connectivity index (χ2v) is 7.94. The molecule has 23 heavy (non-hydrogen) atoms. The Hall–Kier alpha value is -0.910. The van der Waals surface area contributed by atoms with Crippen LogP contribution >= 0.6 is 11.3 Å². The topological polar surface area (TPSA) is 26.8 Å². The van der Waals surface area contributed by atoms with E-state index in [-0.39, 0.29) is 0 Å². The molecule has 0 unspecified atom stereocenters. The first-order chi connectivity index (χ1) is 11.2. The van der Waals surface area contributed by atoms with Gasteiger partial charge in [-0.15, -0.1) is 11.3 Å². The molecule has 2 saturated heterocycles. The van der Waals surface area contributed by atoms with Crippen LogP contribution in [0.15, 0.2) is 17.5 Å². The molecule has 2 fully saturated rings. The van der Waals surface area contributed by atoms with E-state index in [1.807, 2.05) is 11.3 Å². The summed E-state index contributed by atoms with van der Waals surface area (Å²) in [4.78, 5) is 20.9. The van der Waals surface area contributed by atoms with Crippen molar-refractivity contribution in [1.29, 1.82) is 0 Å². The minimum Gasteiger partial charge on any atom is -0.340 e. The Morgan fingerprint density at radius 2 is 2.04 bits per heavy atom. The second-order valence-electron chi connectivity index (χ2n) is 6.91. The van der Waals surface area contributed by atoms with Crippen molar-refractivity contribution in [2.24, 2.45) is 0 Å². The maximum Gasteiger partial charge on any atom is 0.222 e. The summed E-state index contributed by atoms with van der Waals surface area (Å²) in [5.74, 6) is 0.361. The lowest BCUT2D eigenvalue weighted by molar-refractivity contribution is -0.133. The van der Waals surface area contributed by atoms with Crippen molar-refractivity contribution in [2.75, 3.05) is 39.8 Å². The molecule has 0 saturated carbocycles. The molecular formula is C18H29N3OS. The van der Waals surface area contributed by atoms with Crippen LogP contribution in [0.4, 0.5) is 0 Å². The number of piperidine rings is 1. The number of rotatable bonds is 5. The van der Waals surface area contributed by atoms with E-state index in [9.17, 15) is 4.79 Å². The Balaban J connectivity index is 1.38. The summed E-state index contributed by atoms with van der Waals surface area (Å²) in [6.45, 7) is 6.03. The van der Waals surface area contributed by atoms with Crippen molar-refractivity contribution >= 4 is 17.2 Å². The summed E-state index contributed by atoms with van der Waals surface area (Å²) in [5, 5.41) is 2.14. The van der Waals surface area contributed by atoms with Gasteiger partial charge in [0.15, 0.2) is 0 Å². The second kappa shape index (κ2) is 8.27. The van der Waals surface area contributed by atoms with Crippen LogP contribution in [-0.2, 0) is 11.3 Å². The Morgan fingerprint density at radius 1 is 1.22 bits per heavy atom. The summed E-state index contributed by atoms with van der Waals surface area (Å²) < 4.78 is 0. The zero-order chi connectivity index (χ0) is 16.1. The van der Waals surface area contributed by atoms with Gasteiger partial charge in [-0.1, -0.05) is 12.5 Å². The maximum absolute atomic E-state index is 12.5. The Bertz CT molecular complexity index is 482. The molecule has 2 aliphatic rings. The Labute approximate surface area is 144 Å². The van der Waals surface area contributed by atoms with Crippen molar-refractivity contribution in [3.05, 3.63) is 22.4 Å². The molecule has 1 aromatic heterocycles. The lowest BCUT2D eigenvalue weighted by atomic mass is 9.98. The molecule has 3 heterocycles. The molecule has 1 amide bonds. The lowest BCUT2D eigenvalue weighted by Crippen LogP contribution is -2.48. The number of amides is 1. The van der Waals surface area contributed by atoms with E-state index in [1.165, 1.54) is 30.7 Å². The van der Waals surface area contributed by atoms with Gasteiger partial charge in [0.1, 0.15) is 0 Å². The third-order valence-corrected chi connectivity index (χ3v) is 6.16. The minimum atomic E-state index is 0.361. The molecule has 0 spiro atoms. The molecule has 1 atom stereocenters. The van der Waals surface area contributed by atoms with Gasteiger partial charge in [-0.3, -0.25) is 9.69 Å². The molecule has 3 rings (SSSR count). The van der Waals surface area contributed by atoms with Gasteiger partial charge in [-0.05, 0) is 44.3 Å². The SMILES string of the molecule is CN1CCCC[C@@H]1CCC(=O)N1CCN(Cc2cccs2)CC1. The van der Waals surface area contributed by atoms with E-state index >= 15 is 0 Å². The van der Waals surface area contributed by atoms with Crippen LogP contribution in [0, 0.1) is 0 Å². The normalized spacial score (nSPS) is 24.0. The van der Waals surface area contributed by atoms with E-state index in [0.717, 1.165) is 45.6 Å². The van der Waals surface area contributed by atoms with E-state index in [0.29, 0.717) is 11.9 Å². The smallest absolute Gasteiger partial charge is 0.222 e. The molecule has 0 radical (unpaired) electrons. The van der Waals surface area contributed by atoms with E-state index in [1.54, 1.807) is 0 Å². The number of likely N-dealkylation sites (tertiary alicyclic amines) is 1. The first kappa shape index (κ1) is 16.9. The summed E-state index contributed by atoms with van der Waals surface area (Å²) in [6, 6.07) is 4.93. The van der Waals surface area contributed by atoms with Crippen molar-refractivity contribution in [3.8, 4) is 0 Å². The zero-order valence-electron chi connectivity index (χ0n) is 14.2. The van der Waals surface area contributed by atoms with Gasteiger partial charge in [0, 0.05) is 50.1 Å². The predicted molar refractivity (Wildman–Crippen MR) is 95.7 cm³/mol. The van der Waals surface area contributed by atoms with Crippen LogP contribution in [0.25, 0.3) is 0 Å². The van der Waals surface area contributed by atoms with Gasteiger partial charge >= 0.3 is 0 Å². The van der Waals surface area contributed by atoms with E-state index < -0.39 is 0 Å². The van der Waals surface area contributed by atoms with Crippen molar-refractivity contribution in [2.45, 2.75) is 44.7 Å². The monoisotopic (exact) mass is 335 g/mol. The zero-order valence-corrected chi connectivity index (χ0v) is 15.1. The summed E-state index contributed by atoms with van der Waals surface area (Å²) in [5.41, 5.74) is 0. The highest BCUT2D eigenvalue weighted by Crippen LogP contribution is 2.20. The molecule has 1 aromatic rings. The van der Waals surface area contributed by atoms with Crippen molar-refractivity contribution < 1.29 is 4.79 Å². The summed E-state index contributed by atoms with van der Waals surface area (Å²) >= 11 is 1.82. The molecule has 5 heteroatoms. The number of hydrogen-bond acceptors (Lipinski definition) is 4. The van der Waals surface area contributed by atoms with Gasteiger partial charge in [-0.2, -0.15) is 0 Å². The molecule has 128 valence electrons. The number of carbonyl (C=O) groups excluding carboxylic acids is 1. The molecule has 0 aliphatic carbocycles. The van der Waals surface area contributed by atoms with Crippen molar-refractivity contribution in [3.63, 3.8) is 0 Å². The first-order valence-corrected chi connectivity index (χ1v) is 9.83. The van der Waals surface area contributed by atoms with Crippen LogP contribution < -0.4 is 0 Å². The number of piperazine rings is 1. The molecule has 2 aliphatic heterocycles. The first-order valence-electron chi connectivity index (χ1n) is 8.95. The van der Waals surface area contributed by atoms with Crippen LogP contribution in [-0.4, -0.2) is 66.4 Å². The number of carbonyl (C=O) groups is 1. The van der Waals surface area contributed by atoms with Gasteiger partial charge in [0.2, 0.25) is 5.91 Å². The van der Waals surface area contributed by atoms with Crippen LogP contribution in [0.1, 0.15) is 37.0 Å². The average Bonchev–Trinajstić information content (AvgIpc) is 3.07. The van der Waals surface area contributed by atoms with Crippen LogP contribution in [0.3, 0.4) is 0 Å². The lowest BCUT2D eigenvalue weighted by Gasteiger charge is -2.36. The fourth-order valence-corrected chi connectivity index (χ4v) is 4.48. The van der Waals surface area contributed by atoms with Crippen LogP contribution in [0.2, 0.25) is 0 Å². The summed E-state index contributed by atoms with van der Waals surface area (Å²) in [6.07, 6.45) is 5.65. The Morgan fingerprint density at radius 3 is 2.74 bits per heavy atom. The number of hydrogen-bond donors (Lipinski definition) is 0. The quantitative estimate of drug-likeness (QED) is 0.828. The van der Waals surface area contributed by atoms with Crippen LogP contribution in [0.5, 0.6) is 0 Å². The largest absolute Gasteiger partial charge is 0.340 e. The molecule has 0 aromatic carbocycles. The maximum atomic E-state index is 12.5. The molecule has 4 nitrogen and oxygen atoms in total. The average molecular weight is 336 g/mol. The highest BCUT2D eigenvalue weighted by atomic mass is 32.1. The number of thiophene rings is 1. The van der Waals surface area contributed by atoms with Gasteiger partial charge in [0.05, 0.1) is 0 Å². The van der Waals surface area contributed by atoms with Gasteiger partial charge in [-0.25, -0.2) is 0 Å². The molecule has 0 bridgehead atoms. The fraction of sp³-hybridized carbons (Fsp3) is 0.722. The van der Waals surface area contributed by atoms with Crippen molar-refractivity contribution in [1.82, 2.24) is 14.7 Å². The Kier molecular flexibility index (Phi) is 6.08. The number of nitrogens with zero attached hydrogens (tertiary/aromatic N) is 3. The van der Waals surface area contributed by atoms with Gasteiger partial charge < -0.3 is 9.80 Å². The third-order valence-electron chi connectivity index (χ3n) is 5.30. The van der Waals surface area contributed by atoms with E-state index in [2.05, 4.69) is 39.3 Å². The van der Waals surface area contributed by atoms with E-state index in [4.69, 9.17) is 0 Å². The molecular weight excluding hydrogens is 306 g/mol. The summed E-state index contributed by atoms with van der Waals surface area (Å²) in [7, 11) is 2.21. The predicted octanol–water partition coefficient (Wildman–Crippen LogP) is 2.66. The standard InChI is InChI=1S/C18H29N3OS/c1-19-9-3-2-5-16(19)7-8-18(22)21-12-10-20(11-13-21)15-17-6-4-14-23-17/h4,6,14,16H,2-3,5,7-13,15H2,1H3/t16-/m1/s1. The van der Waals surface area contributed by atoms with Gasteiger partial charge in [0.25, 0.3) is 0 Å². The highest BCUT2D eigenvalue weighted by Gasteiger charge is 2.24. The fourth-order valence-electron chi connectivity index (χ4n) is 3.74. The third kappa shape index (κ3) is 4.78.